The maximum atomic E-state index is 13.8. The van der Waals surface area contributed by atoms with E-state index in [-0.39, 0.29) is 18.1 Å². The lowest BCUT2D eigenvalue weighted by Crippen LogP contribution is -1.95. The molecule has 19 heavy (non-hydrogen) atoms. The Morgan fingerprint density at radius 2 is 2.05 bits per heavy atom. The van der Waals surface area contributed by atoms with Crippen molar-refractivity contribution in [1.82, 2.24) is 0 Å². The first-order valence-electron chi connectivity index (χ1n) is 5.78. The summed E-state index contributed by atoms with van der Waals surface area (Å²) in [6, 6.07) is 10.8. The van der Waals surface area contributed by atoms with Gasteiger partial charge in [-0.1, -0.05) is 12.1 Å². The Bertz CT molecular complexity index is 608. The van der Waals surface area contributed by atoms with Crippen molar-refractivity contribution in [3.63, 3.8) is 0 Å². The van der Waals surface area contributed by atoms with Crippen LogP contribution in [-0.4, -0.2) is 10.9 Å². The number of ketones is 1. The molecule has 98 valence electrons. The number of hydrogen-bond donors (Lipinski definition) is 1. The molecule has 0 unspecified atom stereocenters. The molecule has 0 saturated heterocycles. The van der Waals surface area contributed by atoms with Crippen LogP contribution in [0.4, 0.5) is 4.39 Å². The molecule has 0 aliphatic heterocycles. The number of hydrogen-bond acceptors (Lipinski definition) is 3. The Morgan fingerprint density at radius 3 is 2.68 bits per heavy atom. The predicted octanol–water partition coefficient (Wildman–Crippen LogP) is 3.31. The lowest BCUT2D eigenvalue weighted by molar-refractivity contribution is 0.101. The van der Waals surface area contributed by atoms with Crippen molar-refractivity contribution in [3.05, 3.63) is 59.4 Å². The second-order valence-electron chi connectivity index (χ2n) is 4.11. The molecule has 3 nitrogen and oxygen atoms in total. The maximum absolute atomic E-state index is 13.8. The summed E-state index contributed by atoms with van der Waals surface area (Å²) in [5.41, 5.74) is 0.979. The van der Waals surface area contributed by atoms with Gasteiger partial charge >= 0.3 is 0 Å². The SMILES string of the molecule is CC(=O)c1ccc(Oc2cccc(CO)c2)c(F)c1. The number of aliphatic hydroxyl groups is 1. The largest absolute Gasteiger partial charge is 0.454 e. The van der Waals surface area contributed by atoms with Crippen LogP contribution in [0.1, 0.15) is 22.8 Å². The number of rotatable bonds is 4. The fourth-order valence-corrected chi connectivity index (χ4v) is 1.64. The summed E-state index contributed by atoms with van der Waals surface area (Å²) in [5.74, 6) is -0.323. The summed E-state index contributed by atoms with van der Waals surface area (Å²) >= 11 is 0. The molecule has 0 spiro atoms. The summed E-state index contributed by atoms with van der Waals surface area (Å²) < 4.78 is 19.1. The first-order valence-corrected chi connectivity index (χ1v) is 5.78. The molecule has 0 aliphatic rings. The minimum absolute atomic E-state index is 0.0417. The van der Waals surface area contributed by atoms with Gasteiger partial charge in [-0.25, -0.2) is 4.39 Å². The van der Waals surface area contributed by atoms with E-state index in [1.165, 1.54) is 19.1 Å². The van der Waals surface area contributed by atoms with Crippen molar-refractivity contribution in [2.24, 2.45) is 0 Å². The first-order chi connectivity index (χ1) is 9.10. The van der Waals surface area contributed by atoms with Gasteiger partial charge in [0.1, 0.15) is 5.75 Å². The fraction of sp³-hybridized carbons (Fsp3) is 0.133. The standard InChI is InChI=1S/C15H13FO3/c1-10(18)12-5-6-15(14(16)8-12)19-13-4-2-3-11(7-13)9-17/h2-8,17H,9H2,1H3. The second kappa shape index (κ2) is 5.63. The second-order valence-corrected chi connectivity index (χ2v) is 4.11. The lowest BCUT2D eigenvalue weighted by atomic mass is 10.1. The molecule has 0 amide bonds. The third-order valence-corrected chi connectivity index (χ3v) is 2.65. The van der Waals surface area contributed by atoms with Crippen LogP contribution in [0.25, 0.3) is 0 Å². The van der Waals surface area contributed by atoms with Gasteiger partial charge in [-0.2, -0.15) is 0 Å². The van der Waals surface area contributed by atoms with Crippen molar-refractivity contribution in [1.29, 1.82) is 0 Å². The van der Waals surface area contributed by atoms with Crippen LogP contribution in [0.2, 0.25) is 0 Å². The van der Waals surface area contributed by atoms with E-state index in [9.17, 15) is 9.18 Å². The first kappa shape index (κ1) is 13.2. The number of Topliss-reactive ketones (excluding diaryl/α,β-unsaturated/α-hetero) is 1. The molecule has 0 atom stereocenters. The Balaban J connectivity index is 2.25. The van der Waals surface area contributed by atoms with E-state index in [2.05, 4.69) is 0 Å². The molecular weight excluding hydrogens is 247 g/mol. The minimum Gasteiger partial charge on any atom is -0.454 e. The van der Waals surface area contributed by atoms with Gasteiger partial charge < -0.3 is 9.84 Å². The van der Waals surface area contributed by atoms with Crippen LogP contribution >= 0.6 is 0 Å². The van der Waals surface area contributed by atoms with E-state index in [1.54, 1.807) is 24.3 Å². The quantitative estimate of drug-likeness (QED) is 0.858. The summed E-state index contributed by atoms with van der Waals surface area (Å²) in [6.45, 7) is 1.27. The third kappa shape index (κ3) is 3.17. The Labute approximate surface area is 110 Å². The number of halogens is 1. The summed E-state index contributed by atoms with van der Waals surface area (Å²) in [5, 5.41) is 9.01. The van der Waals surface area contributed by atoms with Crippen LogP contribution < -0.4 is 4.74 Å². The molecule has 4 heteroatoms. The van der Waals surface area contributed by atoms with Crippen LogP contribution in [0.5, 0.6) is 11.5 Å². The number of benzene rings is 2. The van der Waals surface area contributed by atoms with Crippen molar-refractivity contribution < 1.29 is 19.0 Å². The molecular formula is C15H13FO3. The molecule has 0 fully saturated rings. The number of carbonyl (C=O) groups is 1. The van der Waals surface area contributed by atoms with E-state index < -0.39 is 5.82 Å². The van der Waals surface area contributed by atoms with Crippen LogP contribution in [0, 0.1) is 5.82 Å². The third-order valence-electron chi connectivity index (χ3n) is 2.65. The molecule has 0 saturated carbocycles. The highest BCUT2D eigenvalue weighted by molar-refractivity contribution is 5.94. The van der Waals surface area contributed by atoms with Crippen LogP contribution in [0.15, 0.2) is 42.5 Å². The molecule has 2 rings (SSSR count). The number of carbonyl (C=O) groups excluding carboxylic acids is 1. The van der Waals surface area contributed by atoms with Crippen molar-refractivity contribution in [3.8, 4) is 11.5 Å². The summed E-state index contributed by atoms with van der Waals surface area (Å²) in [7, 11) is 0. The van der Waals surface area contributed by atoms with Crippen molar-refractivity contribution >= 4 is 5.78 Å². The zero-order valence-electron chi connectivity index (χ0n) is 10.4. The zero-order valence-corrected chi connectivity index (χ0v) is 10.4. The average molecular weight is 260 g/mol. The van der Waals surface area contributed by atoms with Gasteiger partial charge in [-0.3, -0.25) is 4.79 Å². The predicted molar refractivity (Wildman–Crippen MR) is 68.8 cm³/mol. The van der Waals surface area contributed by atoms with Gasteiger partial charge in [0.05, 0.1) is 6.61 Å². The minimum atomic E-state index is -0.595. The van der Waals surface area contributed by atoms with Gasteiger partial charge in [-0.15, -0.1) is 0 Å². The Morgan fingerprint density at radius 1 is 1.26 bits per heavy atom. The maximum Gasteiger partial charge on any atom is 0.166 e. The van der Waals surface area contributed by atoms with E-state index >= 15 is 0 Å². The monoisotopic (exact) mass is 260 g/mol. The molecule has 0 aromatic heterocycles. The van der Waals surface area contributed by atoms with Gasteiger partial charge in [0.25, 0.3) is 0 Å². The molecule has 2 aromatic rings. The van der Waals surface area contributed by atoms with Crippen LogP contribution in [0.3, 0.4) is 0 Å². The molecule has 0 bridgehead atoms. The highest BCUT2D eigenvalue weighted by Crippen LogP contribution is 2.26. The number of aliphatic hydroxyl groups excluding tert-OH is 1. The van der Waals surface area contributed by atoms with Gasteiger partial charge in [-0.05, 0) is 42.8 Å². The summed E-state index contributed by atoms with van der Waals surface area (Å²) in [6.07, 6.45) is 0. The van der Waals surface area contributed by atoms with E-state index in [0.717, 1.165) is 6.07 Å². The Hall–Kier alpha value is -2.20. The van der Waals surface area contributed by atoms with Crippen LogP contribution in [-0.2, 0) is 6.61 Å². The van der Waals surface area contributed by atoms with Gasteiger partial charge in [0.2, 0.25) is 0 Å². The van der Waals surface area contributed by atoms with E-state index in [1.807, 2.05) is 0 Å². The molecule has 0 aliphatic carbocycles. The molecule has 2 aromatic carbocycles. The Kier molecular flexibility index (Phi) is 3.92. The lowest BCUT2D eigenvalue weighted by Gasteiger charge is -2.08. The highest BCUT2D eigenvalue weighted by Gasteiger charge is 2.08. The van der Waals surface area contributed by atoms with Crippen molar-refractivity contribution in [2.75, 3.05) is 0 Å². The highest BCUT2D eigenvalue weighted by atomic mass is 19.1. The fourth-order valence-electron chi connectivity index (χ4n) is 1.64. The summed E-state index contributed by atoms with van der Waals surface area (Å²) in [4.78, 5) is 11.1. The van der Waals surface area contributed by atoms with E-state index in [4.69, 9.17) is 9.84 Å². The van der Waals surface area contributed by atoms with Gasteiger partial charge in [0.15, 0.2) is 17.3 Å². The smallest absolute Gasteiger partial charge is 0.166 e. The van der Waals surface area contributed by atoms with Gasteiger partial charge in [0, 0.05) is 5.56 Å². The number of ether oxygens (including phenoxy) is 1. The molecule has 1 N–H and O–H groups in total. The average Bonchev–Trinajstić information content (AvgIpc) is 2.41. The zero-order chi connectivity index (χ0) is 13.8. The van der Waals surface area contributed by atoms with E-state index in [0.29, 0.717) is 16.9 Å². The topological polar surface area (TPSA) is 46.5 Å². The normalized spacial score (nSPS) is 10.3. The van der Waals surface area contributed by atoms with Crippen molar-refractivity contribution in [2.45, 2.75) is 13.5 Å². The molecule has 0 radical (unpaired) electrons. The molecule has 0 heterocycles.